The van der Waals surface area contributed by atoms with Crippen molar-refractivity contribution in [1.82, 2.24) is 4.98 Å². The third kappa shape index (κ3) is 2.21. The molecule has 5 nitrogen and oxygen atoms in total. The average molecular weight is 275 g/mol. The van der Waals surface area contributed by atoms with Gasteiger partial charge in [-0.1, -0.05) is 12.8 Å². The SMILES string of the molecule is COC(=O)c1cc(N)cnc1N1CCC2CCCCC21. The number of hydrogen-bond acceptors (Lipinski definition) is 5. The molecule has 108 valence electrons. The lowest BCUT2D eigenvalue weighted by molar-refractivity contribution is 0.0601. The molecule has 2 N–H and O–H groups in total. The maximum atomic E-state index is 12.0. The summed E-state index contributed by atoms with van der Waals surface area (Å²) in [6.07, 6.45) is 7.89. The molecule has 0 spiro atoms. The van der Waals surface area contributed by atoms with E-state index >= 15 is 0 Å². The standard InChI is InChI=1S/C15H21N3O2/c1-20-15(19)12-8-11(16)9-17-14(12)18-7-6-10-4-2-3-5-13(10)18/h8-10,13H,2-7,16H2,1H3. The minimum atomic E-state index is -0.362. The van der Waals surface area contributed by atoms with E-state index in [0.717, 1.165) is 18.3 Å². The molecule has 0 radical (unpaired) electrons. The summed E-state index contributed by atoms with van der Waals surface area (Å²) in [5, 5.41) is 0. The van der Waals surface area contributed by atoms with Crippen LogP contribution in [-0.4, -0.2) is 30.6 Å². The van der Waals surface area contributed by atoms with Gasteiger partial charge in [-0.25, -0.2) is 9.78 Å². The fourth-order valence-corrected chi connectivity index (χ4v) is 3.63. The zero-order chi connectivity index (χ0) is 14.1. The number of ether oxygens (including phenoxy) is 1. The number of rotatable bonds is 2. The van der Waals surface area contributed by atoms with Crippen LogP contribution in [0.1, 0.15) is 42.5 Å². The van der Waals surface area contributed by atoms with Gasteiger partial charge in [-0.05, 0) is 31.2 Å². The number of nitrogens with zero attached hydrogens (tertiary/aromatic N) is 2. The van der Waals surface area contributed by atoms with E-state index in [0.29, 0.717) is 17.3 Å². The topological polar surface area (TPSA) is 68.5 Å². The van der Waals surface area contributed by atoms with Gasteiger partial charge in [0.05, 0.1) is 19.0 Å². The molecule has 1 saturated heterocycles. The van der Waals surface area contributed by atoms with Crippen LogP contribution < -0.4 is 10.6 Å². The first-order valence-electron chi connectivity index (χ1n) is 7.31. The predicted molar refractivity (Wildman–Crippen MR) is 77.7 cm³/mol. The summed E-state index contributed by atoms with van der Waals surface area (Å²) in [4.78, 5) is 18.7. The number of aromatic nitrogens is 1. The van der Waals surface area contributed by atoms with Crippen molar-refractivity contribution in [2.45, 2.75) is 38.1 Å². The molecule has 1 saturated carbocycles. The molecule has 3 rings (SSSR count). The lowest BCUT2D eigenvalue weighted by Gasteiger charge is -2.33. The Balaban J connectivity index is 1.95. The van der Waals surface area contributed by atoms with Crippen molar-refractivity contribution in [3.63, 3.8) is 0 Å². The Bertz CT molecular complexity index is 518. The fraction of sp³-hybridized carbons (Fsp3) is 0.600. The van der Waals surface area contributed by atoms with Crippen LogP contribution in [0.3, 0.4) is 0 Å². The molecule has 1 aromatic heterocycles. The molecule has 0 bridgehead atoms. The second kappa shape index (κ2) is 5.31. The monoisotopic (exact) mass is 275 g/mol. The summed E-state index contributed by atoms with van der Waals surface area (Å²) in [5.74, 6) is 1.12. The minimum Gasteiger partial charge on any atom is -0.465 e. The van der Waals surface area contributed by atoms with E-state index < -0.39 is 0 Å². The quantitative estimate of drug-likeness (QED) is 0.838. The summed E-state index contributed by atoms with van der Waals surface area (Å²) >= 11 is 0. The number of nitrogen functional groups attached to an aromatic ring is 1. The highest BCUT2D eigenvalue weighted by atomic mass is 16.5. The molecule has 20 heavy (non-hydrogen) atoms. The third-order valence-electron chi connectivity index (χ3n) is 4.58. The van der Waals surface area contributed by atoms with Crippen LogP contribution in [0.4, 0.5) is 11.5 Å². The van der Waals surface area contributed by atoms with Crippen molar-refractivity contribution in [2.24, 2.45) is 5.92 Å². The number of nitrogens with two attached hydrogens (primary N) is 1. The van der Waals surface area contributed by atoms with Crippen LogP contribution in [0.2, 0.25) is 0 Å². The number of hydrogen-bond donors (Lipinski definition) is 1. The number of fused-ring (bicyclic) bond motifs is 1. The molecule has 2 atom stereocenters. The van der Waals surface area contributed by atoms with Crippen LogP contribution in [0.25, 0.3) is 0 Å². The van der Waals surface area contributed by atoms with E-state index in [1.807, 2.05) is 0 Å². The Kier molecular flexibility index (Phi) is 3.51. The van der Waals surface area contributed by atoms with Crippen molar-refractivity contribution in [2.75, 3.05) is 24.3 Å². The van der Waals surface area contributed by atoms with E-state index in [2.05, 4.69) is 9.88 Å². The van der Waals surface area contributed by atoms with E-state index in [1.54, 1.807) is 12.3 Å². The number of pyridine rings is 1. The Morgan fingerprint density at radius 1 is 1.40 bits per heavy atom. The highest BCUT2D eigenvalue weighted by molar-refractivity contribution is 5.95. The van der Waals surface area contributed by atoms with Crippen molar-refractivity contribution < 1.29 is 9.53 Å². The van der Waals surface area contributed by atoms with Gasteiger partial charge in [-0.15, -0.1) is 0 Å². The summed E-state index contributed by atoms with van der Waals surface area (Å²) in [5.41, 5.74) is 6.74. The highest BCUT2D eigenvalue weighted by Crippen LogP contribution is 2.39. The van der Waals surface area contributed by atoms with Gasteiger partial charge in [-0.3, -0.25) is 0 Å². The molecule has 2 unspecified atom stereocenters. The second-order valence-electron chi connectivity index (χ2n) is 5.73. The van der Waals surface area contributed by atoms with Crippen LogP contribution in [0.5, 0.6) is 0 Å². The number of carbonyl (C=O) groups excluding carboxylic acids is 1. The van der Waals surface area contributed by atoms with Crippen LogP contribution in [0.15, 0.2) is 12.3 Å². The minimum absolute atomic E-state index is 0.362. The Morgan fingerprint density at radius 2 is 2.20 bits per heavy atom. The Morgan fingerprint density at radius 3 is 3.00 bits per heavy atom. The van der Waals surface area contributed by atoms with Crippen molar-refractivity contribution in [3.8, 4) is 0 Å². The van der Waals surface area contributed by atoms with Gasteiger partial charge in [0.25, 0.3) is 0 Å². The van der Waals surface area contributed by atoms with Gasteiger partial charge in [0.2, 0.25) is 0 Å². The average Bonchev–Trinajstić information content (AvgIpc) is 2.90. The lowest BCUT2D eigenvalue weighted by atomic mass is 9.85. The van der Waals surface area contributed by atoms with Gasteiger partial charge < -0.3 is 15.4 Å². The fourth-order valence-electron chi connectivity index (χ4n) is 3.63. The maximum absolute atomic E-state index is 12.0. The first-order valence-corrected chi connectivity index (χ1v) is 7.31. The Labute approximate surface area is 119 Å². The smallest absolute Gasteiger partial charge is 0.341 e. The van der Waals surface area contributed by atoms with Crippen LogP contribution in [0, 0.1) is 5.92 Å². The summed E-state index contributed by atoms with van der Waals surface area (Å²) in [6, 6.07) is 2.19. The van der Waals surface area contributed by atoms with Crippen LogP contribution in [-0.2, 0) is 4.74 Å². The highest BCUT2D eigenvalue weighted by Gasteiger charge is 2.37. The maximum Gasteiger partial charge on any atom is 0.341 e. The Hall–Kier alpha value is -1.78. The predicted octanol–water partition coefficient (Wildman–Crippen LogP) is 2.22. The van der Waals surface area contributed by atoms with E-state index in [9.17, 15) is 4.79 Å². The van der Waals surface area contributed by atoms with E-state index in [-0.39, 0.29) is 5.97 Å². The van der Waals surface area contributed by atoms with Gasteiger partial charge in [0.15, 0.2) is 0 Å². The molecule has 1 aromatic rings. The molecular formula is C15H21N3O2. The molecule has 2 fully saturated rings. The van der Waals surface area contributed by atoms with Crippen molar-refractivity contribution >= 4 is 17.5 Å². The summed E-state index contributed by atoms with van der Waals surface area (Å²) in [7, 11) is 1.39. The van der Waals surface area contributed by atoms with Gasteiger partial charge >= 0.3 is 5.97 Å². The molecule has 2 heterocycles. The summed E-state index contributed by atoms with van der Waals surface area (Å²) < 4.78 is 4.87. The number of methoxy groups -OCH3 is 1. The van der Waals surface area contributed by atoms with E-state index in [4.69, 9.17) is 10.5 Å². The molecular weight excluding hydrogens is 254 g/mol. The van der Waals surface area contributed by atoms with Crippen molar-refractivity contribution in [1.29, 1.82) is 0 Å². The molecule has 0 amide bonds. The number of carbonyl (C=O) groups is 1. The normalized spacial score (nSPS) is 25.4. The lowest BCUT2D eigenvalue weighted by Crippen LogP contribution is -2.36. The van der Waals surface area contributed by atoms with Crippen molar-refractivity contribution in [3.05, 3.63) is 17.8 Å². The first-order chi connectivity index (χ1) is 9.70. The molecule has 2 aliphatic rings. The summed E-state index contributed by atoms with van der Waals surface area (Å²) in [6.45, 7) is 0.968. The zero-order valence-electron chi connectivity index (χ0n) is 11.8. The largest absolute Gasteiger partial charge is 0.465 e. The van der Waals surface area contributed by atoms with Gasteiger partial charge in [0.1, 0.15) is 11.4 Å². The van der Waals surface area contributed by atoms with Gasteiger partial charge in [0, 0.05) is 12.6 Å². The van der Waals surface area contributed by atoms with Crippen LogP contribution >= 0.6 is 0 Å². The number of esters is 1. The first kappa shape index (κ1) is 13.2. The molecule has 0 aromatic carbocycles. The third-order valence-corrected chi connectivity index (χ3v) is 4.58. The number of anilines is 2. The molecule has 1 aliphatic heterocycles. The zero-order valence-corrected chi connectivity index (χ0v) is 11.8. The second-order valence-corrected chi connectivity index (χ2v) is 5.73. The van der Waals surface area contributed by atoms with Gasteiger partial charge in [-0.2, -0.15) is 0 Å². The van der Waals surface area contributed by atoms with E-state index in [1.165, 1.54) is 39.2 Å². The molecule has 1 aliphatic carbocycles. The molecule has 5 heteroatoms.